The number of aliphatic hydroxyl groups excluding tert-OH is 1. The lowest BCUT2D eigenvalue weighted by Gasteiger charge is -2.16. The highest BCUT2D eigenvalue weighted by Crippen LogP contribution is 2.29. The van der Waals surface area contributed by atoms with Crippen LogP contribution in [0.2, 0.25) is 0 Å². The molecular weight excluding hydrogens is 501 g/mol. The van der Waals surface area contributed by atoms with Crippen LogP contribution in [0.4, 0.5) is 0 Å². The number of ether oxygens (including phenoxy) is 4. The van der Waals surface area contributed by atoms with E-state index >= 15 is 0 Å². The van der Waals surface area contributed by atoms with Gasteiger partial charge in [-0.25, -0.2) is 0 Å². The van der Waals surface area contributed by atoms with Crippen molar-refractivity contribution >= 4 is 29.9 Å². The molecule has 0 bridgehead atoms. The summed E-state index contributed by atoms with van der Waals surface area (Å²) in [6.07, 6.45) is 1.17. The largest absolute Gasteiger partial charge is 0.497 e. The van der Waals surface area contributed by atoms with E-state index in [2.05, 4.69) is 15.6 Å². The van der Waals surface area contributed by atoms with E-state index in [1.807, 2.05) is 6.92 Å². The Kier molecular flexibility index (Phi) is 13.8. The minimum atomic E-state index is -0.799. The topological polar surface area (TPSA) is 93.6 Å². The first-order chi connectivity index (χ1) is 14.2. The lowest BCUT2D eigenvalue weighted by molar-refractivity contribution is 0.0888. The van der Waals surface area contributed by atoms with Gasteiger partial charge < -0.3 is 34.7 Å². The molecule has 1 saturated heterocycles. The first-order valence-corrected chi connectivity index (χ1v) is 10.3. The summed E-state index contributed by atoms with van der Waals surface area (Å²) >= 11 is 0. The molecule has 2 rings (SSSR count). The minimum Gasteiger partial charge on any atom is -0.497 e. The predicted octanol–water partition coefficient (Wildman–Crippen LogP) is 2.35. The number of hydrogen-bond donors (Lipinski definition) is 3. The maximum absolute atomic E-state index is 10.6. The van der Waals surface area contributed by atoms with Gasteiger partial charge in [-0.05, 0) is 38.0 Å². The van der Waals surface area contributed by atoms with E-state index in [0.717, 1.165) is 45.8 Å². The van der Waals surface area contributed by atoms with Gasteiger partial charge in [0.2, 0.25) is 0 Å². The maximum atomic E-state index is 10.6. The Balaban J connectivity index is 0.00000450. The number of benzene rings is 1. The molecule has 1 aliphatic heterocycles. The van der Waals surface area contributed by atoms with Crippen LogP contribution in [0, 0.1) is 5.92 Å². The van der Waals surface area contributed by atoms with Gasteiger partial charge in [-0.3, -0.25) is 4.99 Å². The van der Waals surface area contributed by atoms with Gasteiger partial charge in [0, 0.05) is 37.8 Å². The molecule has 2 unspecified atom stereocenters. The molecule has 0 amide bonds. The quantitative estimate of drug-likeness (QED) is 0.163. The molecule has 0 radical (unpaired) electrons. The second-order valence-electron chi connectivity index (χ2n) is 6.93. The number of methoxy groups -OCH3 is 2. The van der Waals surface area contributed by atoms with Crippen molar-refractivity contribution in [3.05, 3.63) is 23.8 Å². The Morgan fingerprint density at radius 3 is 2.80 bits per heavy atom. The highest BCUT2D eigenvalue weighted by molar-refractivity contribution is 14.0. The summed E-state index contributed by atoms with van der Waals surface area (Å²) in [5, 5.41) is 17.1. The first-order valence-electron chi connectivity index (χ1n) is 10.3. The van der Waals surface area contributed by atoms with Crippen molar-refractivity contribution in [1.82, 2.24) is 10.6 Å². The fraction of sp³-hybridized carbons (Fsp3) is 0.667. The average molecular weight is 537 g/mol. The Labute approximate surface area is 196 Å². The first kappa shape index (κ1) is 26.7. The van der Waals surface area contributed by atoms with Gasteiger partial charge in [-0.1, -0.05) is 0 Å². The second kappa shape index (κ2) is 15.5. The second-order valence-corrected chi connectivity index (χ2v) is 6.93. The average Bonchev–Trinajstić information content (AvgIpc) is 3.27. The molecular formula is C21H36IN3O5. The fourth-order valence-electron chi connectivity index (χ4n) is 3.06. The highest BCUT2D eigenvalue weighted by Gasteiger charge is 2.16. The molecule has 30 heavy (non-hydrogen) atoms. The Morgan fingerprint density at radius 2 is 2.13 bits per heavy atom. The number of aliphatic imine (C=N–C) groups is 1. The van der Waals surface area contributed by atoms with Crippen LogP contribution in [0.15, 0.2) is 23.2 Å². The van der Waals surface area contributed by atoms with Crippen LogP contribution in [-0.4, -0.2) is 71.3 Å². The van der Waals surface area contributed by atoms with Crippen molar-refractivity contribution in [2.24, 2.45) is 10.9 Å². The van der Waals surface area contributed by atoms with Gasteiger partial charge in [0.25, 0.3) is 0 Å². The summed E-state index contributed by atoms with van der Waals surface area (Å²) in [5.74, 6) is 2.48. The van der Waals surface area contributed by atoms with Gasteiger partial charge in [0.05, 0.1) is 34.0 Å². The van der Waals surface area contributed by atoms with Gasteiger partial charge >= 0.3 is 0 Å². The van der Waals surface area contributed by atoms with Crippen LogP contribution in [0.3, 0.4) is 0 Å². The lowest BCUT2D eigenvalue weighted by Crippen LogP contribution is -2.38. The van der Waals surface area contributed by atoms with Crippen LogP contribution < -0.4 is 20.1 Å². The number of halogens is 1. The summed E-state index contributed by atoms with van der Waals surface area (Å²) in [6, 6.07) is 5.35. The molecule has 0 aliphatic carbocycles. The van der Waals surface area contributed by atoms with Gasteiger partial charge in [0.15, 0.2) is 5.96 Å². The van der Waals surface area contributed by atoms with E-state index in [1.165, 1.54) is 0 Å². The molecule has 1 aliphatic rings. The Bertz CT molecular complexity index is 627. The van der Waals surface area contributed by atoms with Crippen LogP contribution in [0.25, 0.3) is 0 Å². The fourth-order valence-corrected chi connectivity index (χ4v) is 3.06. The molecule has 172 valence electrons. The third kappa shape index (κ3) is 9.23. The Hall–Kier alpha value is -1.30. The normalized spacial score (nSPS) is 17.2. The van der Waals surface area contributed by atoms with Crippen molar-refractivity contribution in [2.75, 3.05) is 60.3 Å². The molecule has 9 heteroatoms. The zero-order chi connectivity index (χ0) is 20.9. The van der Waals surface area contributed by atoms with Gasteiger partial charge in [-0.2, -0.15) is 0 Å². The summed E-state index contributed by atoms with van der Waals surface area (Å²) in [6.45, 7) is 6.83. The van der Waals surface area contributed by atoms with E-state index in [-0.39, 0.29) is 30.5 Å². The molecule has 0 spiro atoms. The van der Waals surface area contributed by atoms with Gasteiger partial charge in [0.1, 0.15) is 17.6 Å². The van der Waals surface area contributed by atoms with E-state index < -0.39 is 6.10 Å². The third-order valence-electron chi connectivity index (χ3n) is 4.70. The molecule has 0 aromatic heterocycles. The molecule has 2 atom stereocenters. The molecule has 0 saturated carbocycles. The summed E-state index contributed by atoms with van der Waals surface area (Å²) in [7, 11) is 3.17. The van der Waals surface area contributed by atoms with Crippen LogP contribution >= 0.6 is 24.0 Å². The van der Waals surface area contributed by atoms with Crippen LogP contribution in [0.5, 0.6) is 11.5 Å². The van der Waals surface area contributed by atoms with Gasteiger partial charge in [-0.15, -0.1) is 24.0 Å². The Morgan fingerprint density at radius 1 is 1.30 bits per heavy atom. The zero-order valence-electron chi connectivity index (χ0n) is 18.2. The van der Waals surface area contributed by atoms with E-state index in [9.17, 15) is 5.11 Å². The number of nitrogens with one attached hydrogen (secondary N) is 2. The minimum absolute atomic E-state index is 0. The molecule has 1 aromatic rings. The predicted molar refractivity (Wildman–Crippen MR) is 128 cm³/mol. The summed E-state index contributed by atoms with van der Waals surface area (Å²) in [5.41, 5.74) is 0.649. The zero-order valence-corrected chi connectivity index (χ0v) is 20.5. The van der Waals surface area contributed by atoms with Crippen molar-refractivity contribution in [2.45, 2.75) is 25.9 Å². The number of guanidine groups is 1. The lowest BCUT2D eigenvalue weighted by atomic mass is 10.1. The summed E-state index contributed by atoms with van der Waals surface area (Å²) in [4.78, 5) is 4.49. The number of rotatable bonds is 12. The van der Waals surface area contributed by atoms with Crippen molar-refractivity contribution in [1.29, 1.82) is 0 Å². The monoisotopic (exact) mass is 537 g/mol. The maximum Gasteiger partial charge on any atom is 0.191 e. The molecule has 1 heterocycles. The van der Waals surface area contributed by atoms with E-state index in [0.29, 0.717) is 35.5 Å². The smallest absolute Gasteiger partial charge is 0.191 e. The third-order valence-corrected chi connectivity index (χ3v) is 4.70. The van der Waals surface area contributed by atoms with E-state index in [4.69, 9.17) is 18.9 Å². The van der Waals surface area contributed by atoms with Crippen molar-refractivity contribution in [3.8, 4) is 11.5 Å². The highest BCUT2D eigenvalue weighted by atomic mass is 127. The molecule has 3 N–H and O–H groups in total. The van der Waals surface area contributed by atoms with Crippen molar-refractivity contribution in [3.63, 3.8) is 0 Å². The SMILES string of the molecule is CCNC(=NCC(O)c1cc(OC)ccc1OC)NCCCOCC1CCOC1.I. The van der Waals surface area contributed by atoms with E-state index in [1.54, 1.807) is 32.4 Å². The molecule has 1 fully saturated rings. The number of hydrogen-bond acceptors (Lipinski definition) is 6. The molecule has 1 aromatic carbocycles. The van der Waals surface area contributed by atoms with Crippen LogP contribution in [0.1, 0.15) is 31.4 Å². The summed E-state index contributed by atoms with van der Waals surface area (Å²) < 4.78 is 21.6. The van der Waals surface area contributed by atoms with Crippen molar-refractivity contribution < 1.29 is 24.1 Å². The number of aliphatic hydroxyl groups is 1. The molecule has 8 nitrogen and oxygen atoms in total. The van der Waals surface area contributed by atoms with Crippen LogP contribution in [-0.2, 0) is 9.47 Å². The standard InChI is InChI=1S/C21H35N3O5.HI/c1-4-22-21(23-9-5-10-28-14-16-8-11-29-15-16)24-13-19(25)18-12-17(26-2)6-7-20(18)27-3;/h6-7,12,16,19,25H,4-5,8-11,13-15H2,1-3H3,(H2,22,23,24);1H. The number of nitrogens with zero attached hydrogens (tertiary/aromatic N) is 1.